The molecule has 6 heteroatoms. The maximum Gasteiger partial charge on any atom is 0.302 e. The monoisotopic (exact) mass is 513 g/mol. The maximum absolute atomic E-state index is 13.5. The lowest BCUT2D eigenvalue weighted by molar-refractivity contribution is -0.148. The molecule has 0 aromatic carbocycles. The Morgan fingerprint density at radius 3 is 2.49 bits per heavy atom. The summed E-state index contributed by atoms with van der Waals surface area (Å²) in [5.74, 6) is 1.40. The third-order valence-electron chi connectivity index (χ3n) is 10.9. The third kappa shape index (κ3) is 5.31. The van der Waals surface area contributed by atoms with Crippen LogP contribution < -0.4 is 5.32 Å². The predicted octanol–water partition coefficient (Wildman–Crippen LogP) is 5.43. The van der Waals surface area contributed by atoms with Gasteiger partial charge in [0, 0.05) is 51.5 Å². The summed E-state index contributed by atoms with van der Waals surface area (Å²) in [5.41, 5.74) is 1.45. The summed E-state index contributed by atoms with van der Waals surface area (Å²) >= 11 is 0. The average Bonchev–Trinajstić information content (AvgIpc) is 3.10. The summed E-state index contributed by atoms with van der Waals surface area (Å²) in [6, 6.07) is 0. The molecule has 4 aliphatic carbocycles. The summed E-state index contributed by atoms with van der Waals surface area (Å²) in [7, 11) is 0. The largest absolute Gasteiger partial charge is 0.462 e. The number of ketones is 2. The van der Waals surface area contributed by atoms with Crippen LogP contribution in [0.25, 0.3) is 0 Å². The SMILES string of the molecule is CC(=O)NC[C@@H](C)CCC(=O)[C@H](C)[C@@H]1C(=O)C[C@@H]2[C@H]3CC=C4C[C@@H](OC(C)=O)CC[C@]4(C)[C@@H]3CC[C@@]21C. The fourth-order valence-corrected chi connectivity index (χ4v) is 8.86. The molecule has 0 aliphatic heterocycles. The lowest BCUT2D eigenvalue weighted by atomic mass is 9.47. The van der Waals surface area contributed by atoms with Crippen LogP contribution >= 0.6 is 0 Å². The highest BCUT2D eigenvalue weighted by Gasteiger charge is 2.62. The lowest BCUT2D eigenvalue weighted by Gasteiger charge is -2.58. The number of fused-ring (bicyclic) bond motifs is 5. The van der Waals surface area contributed by atoms with E-state index in [9.17, 15) is 19.2 Å². The Hall–Kier alpha value is -1.98. The van der Waals surface area contributed by atoms with Gasteiger partial charge in [0.05, 0.1) is 0 Å². The van der Waals surface area contributed by atoms with Gasteiger partial charge in [0.15, 0.2) is 0 Å². The second-order valence-corrected chi connectivity index (χ2v) is 13.3. The van der Waals surface area contributed by atoms with E-state index in [2.05, 4.69) is 32.2 Å². The van der Waals surface area contributed by atoms with Crippen molar-refractivity contribution in [3.8, 4) is 0 Å². The Morgan fingerprint density at radius 1 is 1.08 bits per heavy atom. The molecule has 3 fully saturated rings. The fourth-order valence-electron chi connectivity index (χ4n) is 8.86. The van der Waals surface area contributed by atoms with Gasteiger partial charge in [0.1, 0.15) is 17.7 Å². The molecule has 0 saturated heterocycles. The molecule has 0 radical (unpaired) electrons. The number of hydrogen-bond donors (Lipinski definition) is 1. The maximum atomic E-state index is 13.5. The topological polar surface area (TPSA) is 89.5 Å². The number of carbonyl (C=O) groups excluding carboxylic acids is 4. The number of esters is 1. The lowest BCUT2D eigenvalue weighted by Crippen LogP contribution is -2.51. The molecule has 3 saturated carbocycles. The second kappa shape index (κ2) is 10.6. The summed E-state index contributed by atoms with van der Waals surface area (Å²) in [4.78, 5) is 49.5. The van der Waals surface area contributed by atoms with Crippen molar-refractivity contribution in [2.75, 3.05) is 6.54 Å². The van der Waals surface area contributed by atoms with Gasteiger partial charge in [-0.2, -0.15) is 0 Å². The van der Waals surface area contributed by atoms with Crippen molar-refractivity contribution in [3.05, 3.63) is 11.6 Å². The highest BCUT2D eigenvalue weighted by Crippen LogP contribution is 2.66. The van der Waals surface area contributed by atoms with Gasteiger partial charge in [-0.15, -0.1) is 0 Å². The summed E-state index contributed by atoms with van der Waals surface area (Å²) in [6.07, 6.45) is 10.1. The van der Waals surface area contributed by atoms with Gasteiger partial charge in [-0.3, -0.25) is 19.2 Å². The standard InChI is InChI=1S/C31H47NO5/c1-18(17-32-20(3)33)7-10-27(35)19(2)29-28(36)16-26-24-9-8-22-15-23(37-21(4)34)11-13-30(22,5)25(24)12-14-31(26,29)6/h8,18-19,23-26,29H,7,9-17H2,1-6H3,(H,32,33)/t18-,19-,23-,24-,25+,26+,29+,30-,31-/m0/s1. The van der Waals surface area contributed by atoms with Gasteiger partial charge in [-0.05, 0) is 73.0 Å². The molecule has 0 aromatic heterocycles. The Morgan fingerprint density at radius 2 is 1.81 bits per heavy atom. The number of amides is 1. The summed E-state index contributed by atoms with van der Waals surface area (Å²) < 4.78 is 5.57. The van der Waals surface area contributed by atoms with E-state index >= 15 is 0 Å². The van der Waals surface area contributed by atoms with E-state index in [1.165, 1.54) is 19.4 Å². The second-order valence-electron chi connectivity index (χ2n) is 13.3. The Balaban J connectivity index is 1.45. The van der Waals surface area contributed by atoms with Crippen LogP contribution in [0.5, 0.6) is 0 Å². The minimum atomic E-state index is -0.253. The van der Waals surface area contributed by atoms with Crippen LogP contribution in [0.15, 0.2) is 11.6 Å². The number of allylic oxidation sites excluding steroid dienone is 1. The van der Waals surface area contributed by atoms with Crippen molar-refractivity contribution in [1.82, 2.24) is 5.32 Å². The Kier molecular flexibility index (Phi) is 8.07. The first-order valence-corrected chi connectivity index (χ1v) is 14.5. The molecular weight excluding hydrogens is 466 g/mol. The highest BCUT2D eigenvalue weighted by molar-refractivity contribution is 5.92. The zero-order valence-corrected chi connectivity index (χ0v) is 23.7. The van der Waals surface area contributed by atoms with Crippen LogP contribution in [0.3, 0.4) is 0 Å². The van der Waals surface area contributed by atoms with E-state index < -0.39 is 0 Å². The summed E-state index contributed by atoms with van der Waals surface area (Å²) in [6.45, 7) is 12.3. The molecule has 206 valence electrons. The van der Waals surface area contributed by atoms with Crippen molar-refractivity contribution >= 4 is 23.4 Å². The Bertz CT molecular complexity index is 971. The number of nitrogens with one attached hydrogen (secondary N) is 1. The molecule has 0 bridgehead atoms. The van der Waals surface area contributed by atoms with Crippen LogP contribution in [0, 0.1) is 46.3 Å². The molecule has 4 rings (SSSR count). The van der Waals surface area contributed by atoms with Gasteiger partial charge in [0.2, 0.25) is 5.91 Å². The number of rotatable bonds is 8. The van der Waals surface area contributed by atoms with Crippen LogP contribution in [-0.4, -0.2) is 36.1 Å². The number of Topliss-reactive ketones (excluding diaryl/α,β-unsaturated/α-hetero) is 2. The first-order chi connectivity index (χ1) is 17.4. The zero-order chi connectivity index (χ0) is 27.1. The predicted molar refractivity (Wildman–Crippen MR) is 142 cm³/mol. The molecule has 1 N–H and O–H groups in total. The smallest absolute Gasteiger partial charge is 0.302 e. The molecule has 9 atom stereocenters. The van der Waals surface area contributed by atoms with Crippen molar-refractivity contribution in [2.24, 2.45) is 46.3 Å². The van der Waals surface area contributed by atoms with Gasteiger partial charge < -0.3 is 10.1 Å². The molecular formula is C31H47NO5. The van der Waals surface area contributed by atoms with Crippen LogP contribution in [0.2, 0.25) is 0 Å². The highest BCUT2D eigenvalue weighted by atomic mass is 16.5. The molecule has 4 aliphatic rings. The first kappa shape index (κ1) is 28.0. The Labute approximate surface area is 222 Å². The van der Waals surface area contributed by atoms with Crippen LogP contribution in [0.4, 0.5) is 0 Å². The van der Waals surface area contributed by atoms with E-state index in [0.717, 1.165) is 44.9 Å². The van der Waals surface area contributed by atoms with Crippen molar-refractivity contribution in [3.63, 3.8) is 0 Å². The van der Waals surface area contributed by atoms with E-state index in [1.54, 1.807) is 0 Å². The number of hydrogen-bond acceptors (Lipinski definition) is 5. The minimum absolute atomic E-state index is 0.00695. The van der Waals surface area contributed by atoms with Gasteiger partial charge in [-0.25, -0.2) is 0 Å². The first-order valence-electron chi connectivity index (χ1n) is 14.5. The third-order valence-corrected chi connectivity index (χ3v) is 10.9. The molecule has 1 amide bonds. The quantitative estimate of drug-likeness (QED) is 0.345. The van der Waals surface area contributed by atoms with Crippen molar-refractivity contribution in [1.29, 1.82) is 0 Å². The van der Waals surface area contributed by atoms with E-state index in [4.69, 9.17) is 4.74 Å². The van der Waals surface area contributed by atoms with E-state index in [-0.39, 0.29) is 52.3 Å². The normalized spacial score (nSPS) is 38.4. The van der Waals surface area contributed by atoms with Gasteiger partial charge in [0.25, 0.3) is 0 Å². The van der Waals surface area contributed by atoms with Crippen molar-refractivity contribution < 1.29 is 23.9 Å². The average molecular weight is 514 g/mol. The molecule has 0 aromatic rings. The molecule has 0 heterocycles. The molecule has 0 spiro atoms. The zero-order valence-electron chi connectivity index (χ0n) is 23.7. The molecule has 0 unspecified atom stereocenters. The van der Waals surface area contributed by atoms with Crippen LogP contribution in [0.1, 0.15) is 99.3 Å². The van der Waals surface area contributed by atoms with Crippen LogP contribution in [-0.2, 0) is 23.9 Å². The van der Waals surface area contributed by atoms with Crippen molar-refractivity contribution in [2.45, 2.75) is 105 Å². The van der Waals surface area contributed by atoms with Gasteiger partial charge >= 0.3 is 5.97 Å². The number of ether oxygens (including phenoxy) is 1. The molecule has 6 nitrogen and oxygen atoms in total. The fraction of sp³-hybridized carbons (Fsp3) is 0.806. The van der Waals surface area contributed by atoms with E-state index in [1.807, 2.05) is 6.92 Å². The van der Waals surface area contributed by atoms with Gasteiger partial charge in [-0.1, -0.05) is 39.3 Å². The molecule has 37 heavy (non-hydrogen) atoms. The number of carbonyl (C=O) groups is 4. The van der Waals surface area contributed by atoms with E-state index in [0.29, 0.717) is 42.9 Å². The minimum Gasteiger partial charge on any atom is -0.462 e. The summed E-state index contributed by atoms with van der Waals surface area (Å²) in [5, 5.41) is 2.83.